The molecule has 0 N–H and O–H groups in total. The highest BCUT2D eigenvalue weighted by Gasteiger charge is 2.10. The molecule has 0 aliphatic heterocycles. The van der Waals surface area contributed by atoms with E-state index in [0.29, 0.717) is 32.5 Å². The van der Waals surface area contributed by atoms with E-state index in [0.717, 1.165) is 0 Å². The largest absolute Gasteiger partial charge is 0.291 e. The molecule has 0 aliphatic rings. The van der Waals surface area contributed by atoms with Crippen molar-refractivity contribution in [3.05, 3.63) is 60.7 Å². The van der Waals surface area contributed by atoms with Crippen molar-refractivity contribution < 1.29 is 0 Å². The Hall–Kier alpha value is -0.840. The van der Waals surface area contributed by atoms with Gasteiger partial charge in [0.2, 0.25) is 0 Å². The third kappa shape index (κ3) is 2.60. The van der Waals surface area contributed by atoms with Gasteiger partial charge in [0.1, 0.15) is 10.3 Å². The van der Waals surface area contributed by atoms with Crippen LogP contribution in [0.15, 0.2) is 33.7 Å². The van der Waals surface area contributed by atoms with Crippen LogP contribution in [-0.4, -0.2) is 9.55 Å². The van der Waals surface area contributed by atoms with E-state index in [-0.39, 0.29) is 5.56 Å². The molecule has 0 fully saturated rings. The van der Waals surface area contributed by atoms with Crippen LogP contribution in [0.2, 0.25) is 10.0 Å². The van der Waals surface area contributed by atoms with Crippen molar-refractivity contribution in [2.45, 2.75) is 13.5 Å². The summed E-state index contributed by atoms with van der Waals surface area (Å²) in [6.45, 7) is 2.06. The molecule has 94 valence electrons. The Morgan fingerprint density at radius 2 is 1.94 bits per heavy atom. The maximum atomic E-state index is 12.0. The van der Waals surface area contributed by atoms with Gasteiger partial charge in [0.25, 0.3) is 5.56 Å². The van der Waals surface area contributed by atoms with Crippen molar-refractivity contribution in [3.8, 4) is 0 Å². The van der Waals surface area contributed by atoms with Gasteiger partial charge in [-0.1, -0.05) is 29.3 Å². The second-order valence-corrected chi connectivity index (χ2v) is 5.41. The lowest BCUT2D eigenvalue weighted by molar-refractivity contribution is 0.695. The molecule has 0 bridgehead atoms. The Morgan fingerprint density at radius 1 is 1.33 bits per heavy atom. The minimum atomic E-state index is -0.154. The summed E-state index contributed by atoms with van der Waals surface area (Å²) in [6.07, 6.45) is 1.49. The Kier molecular flexibility index (Phi) is 4.10. The van der Waals surface area contributed by atoms with Gasteiger partial charge in [-0.3, -0.25) is 9.36 Å². The smallest absolute Gasteiger partial charge is 0.268 e. The highest BCUT2D eigenvalue weighted by Crippen LogP contribution is 2.25. The van der Waals surface area contributed by atoms with Crippen LogP contribution in [0.25, 0.3) is 0 Å². The van der Waals surface area contributed by atoms with Crippen molar-refractivity contribution in [3.63, 3.8) is 0 Å². The molecular formula is C12H9BrCl2N2O. The van der Waals surface area contributed by atoms with E-state index in [4.69, 9.17) is 23.2 Å². The quantitative estimate of drug-likeness (QED) is 0.830. The lowest BCUT2D eigenvalue weighted by Gasteiger charge is -2.12. The number of hydrogen-bond acceptors (Lipinski definition) is 2. The van der Waals surface area contributed by atoms with Crippen LogP contribution in [0.3, 0.4) is 0 Å². The summed E-state index contributed by atoms with van der Waals surface area (Å²) < 4.78 is 1.94. The number of aromatic nitrogens is 2. The van der Waals surface area contributed by atoms with Gasteiger partial charge in [-0.05, 0) is 35.0 Å². The molecule has 0 atom stereocenters. The minimum absolute atomic E-state index is 0.154. The molecule has 0 unspecified atom stereocenters. The van der Waals surface area contributed by atoms with Crippen molar-refractivity contribution in [2.75, 3.05) is 0 Å². The van der Waals surface area contributed by atoms with E-state index in [1.54, 1.807) is 25.1 Å². The summed E-state index contributed by atoms with van der Waals surface area (Å²) in [6, 6.07) is 5.26. The van der Waals surface area contributed by atoms with Crippen molar-refractivity contribution >= 4 is 39.1 Å². The van der Waals surface area contributed by atoms with Crippen molar-refractivity contribution in [1.82, 2.24) is 9.55 Å². The van der Waals surface area contributed by atoms with Crippen LogP contribution < -0.4 is 5.56 Å². The summed E-state index contributed by atoms with van der Waals surface area (Å²) in [5.41, 5.74) is 0.560. The Morgan fingerprint density at radius 3 is 2.56 bits per heavy atom. The fourth-order valence-electron chi connectivity index (χ4n) is 1.58. The third-order valence-electron chi connectivity index (χ3n) is 2.58. The number of rotatable bonds is 2. The second-order valence-electron chi connectivity index (χ2n) is 3.74. The Bertz CT molecular complexity index is 635. The predicted molar refractivity (Wildman–Crippen MR) is 76.5 cm³/mol. The fraction of sp³-hybridized carbons (Fsp3) is 0.167. The molecule has 1 heterocycles. The zero-order valence-corrected chi connectivity index (χ0v) is 12.6. The number of benzene rings is 1. The summed E-state index contributed by atoms with van der Waals surface area (Å²) in [5.74, 6) is 0.610. The van der Waals surface area contributed by atoms with Crippen molar-refractivity contribution in [2.24, 2.45) is 0 Å². The van der Waals surface area contributed by atoms with E-state index in [1.807, 2.05) is 0 Å². The van der Waals surface area contributed by atoms with Crippen LogP contribution in [0.5, 0.6) is 0 Å². The third-order valence-corrected chi connectivity index (χ3v) is 3.83. The average molecular weight is 348 g/mol. The maximum absolute atomic E-state index is 12.0. The number of halogens is 3. The molecule has 0 aliphatic carbocycles. The number of hydrogen-bond donors (Lipinski definition) is 0. The highest BCUT2D eigenvalue weighted by molar-refractivity contribution is 9.10. The molecule has 0 spiro atoms. The zero-order valence-electron chi connectivity index (χ0n) is 9.45. The van der Waals surface area contributed by atoms with Gasteiger partial charge in [-0.15, -0.1) is 0 Å². The number of nitrogens with zero attached hydrogens (tertiary/aromatic N) is 2. The molecule has 6 heteroatoms. The van der Waals surface area contributed by atoms with Crippen molar-refractivity contribution in [1.29, 1.82) is 0 Å². The first-order chi connectivity index (χ1) is 8.50. The topological polar surface area (TPSA) is 34.9 Å². The van der Waals surface area contributed by atoms with Crippen LogP contribution in [0.1, 0.15) is 11.4 Å². The average Bonchev–Trinajstić information content (AvgIpc) is 2.33. The van der Waals surface area contributed by atoms with E-state index in [2.05, 4.69) is 20.9 Å². The molecule has 18 heavy (non-hydrogen) atoms. The van der Waals surface area contributed by atoms with E-state index in [1.165, 1.54) is 10.8 Å². The van der Waals surface area contributed by atoms with Gasteiger partial charge in [0.05, 0.1) is 6.54 Å². The van der Waals surface area contributed by atoms with Gasteiger partial charge in [-0.2, -0.15) is 0 Å². The maximum Gasteiger partial charge on any atom is 0.268 e. The summed E-state index contributed by atoms with van der Waals surface area (Å²) in [4.78, 5) is 16.1. The molecule has 2 rings (SSSR count). The molecule has 3 nitrogen and oxygen atoms in total. The minimum Gasteiger partial charge on any atom is -0.291 e. The highest BCUT2D eigenvalue weighted by atomic mass is 79.9. The molecule has 2 aromatic rings. The predicted octanol–water partition coefficient (Wildman–Crippen LogP) is 3.67. The molecule has 0 radical (unpaired) electrons. The lowest BCUT2D eigenvalue weighted by Crippen LogP contribution is -2.24. The first-order valence-electron chi connectivity index (χ1n) is 5.15. The van der Waals surface area contributed by atoms with Gasteiger partial charge in [0.15, 0.2) is 0 Å². The summed E-state index contributed by atoms with van der Waals surface area (Å²) >= 11 is 15.4. The SMILES string of the molecule is Cc1ncc(Br)c(=O)n1Cc1c(Cl)cccc1Cl. The summed E-state index contributed by atoms with van der Waals surface area (Å²) in [7, 11) is 0. The van der Waals surface area contributed by atoms with E-state index < -0.39 is 0 Å². The molecule has 0 saturated carbocycles. The molecular weight excluding hydrogens is 339 g/mol. The normalized spacial score (nSPS) is 10.7. The zero-order chi connectivity index (χ0) is 13.3. The molecule has 1 aromatic heterocycles. The second kappa shape index (κ2) is 5.43. The van der Waals surface area contributed by atoms with Gasteiger partial charge < -0.3 is 0 Å². The first kappa shape index (κ1) is 13.6. The first-order valence-corrected chi connectivity index (χ1v) is 6.70. The molecule has 1 aromatic carbocycles. The van der Waals surface area contributed by atoms with Crippen LogP contribution in [-0.2, 0) is 6.54 Å². The van der Waals surface area contributed by atoms with Crippen LogP contribution >= 0.6 is 39.1 Å². The molecule has 0 amide bonds. The standard InChI is InChI=1S/C12H9BrCl2N2O/c1-7-16-5-9(13)12(18)17(7)6-8-10(14)3-2-4-11(8)15/h2-5H,6H2,1H3. The van der Waals surface area contributed by atoms with Gasteiger partial charge in [-0.25, -0.2) is 4.98 Å². The van der Waals surface area contributed by atoms with E-state index in [9.17, 15) is 4.79 Å². The van der Waals surface area contributed by atoms with Gasteiger partial charge >= 0.3 is 0 Å². The van der Waals surface area contributed by atoms with Crippen LogP contribution in [0.4, 0.5) is 0 Å². The fourth-order valence-corrected chi connectivity index (χ4v) is 2.41. The van der Waals surface area contributed by atoms with E-state index >= 15 is 0 Å². The Labute approximate surface area is 123 Å². The Balaban J connectivity index is 2.53. The van der Waals surface area contributed by atoms with Gasteiger partial charge in [0, 0.05) is 21.8 Å². The number of aryl methyl sites for hydroxylation is 1. The molecule has 0 saturated heterocycles. The monoisotopic (exact) mass is 346 g/mol. The van der Waals surface area contributed by atoms with Crippen LogP contribution in [0, 0.1) is 6.92 Å². The summed E-state index contributed by atoms with van der Waals surface area (Å²) in [5, 5.41) is 1.07. The lowest BCUT2D eigenvalue weighted by atomic mass is 10.2.